The molecule has 0 heterocycles. The average molecular weight is 277 g/mol. The summed E-state index contributed by atoms with van der Waals surface area (Å²) < 4.78 is 5.44. The minimum atomic E-state index is 0.0395. The van der Waals surface area contributed by atoms with Gasteiger partial charge in [-0.3, -0.25) is 4.79 Å². The molecule has 0 saturated heterocycles. The number of ether oxygens (including phenoxy) is 1. The maximum atomic E-state index is 11.9. The van der Waals surface area contributed by atoms with E-state index >= 15 is 0 Å². The second kappa shape index (κ2) is 9.54. The number of amides is 1. The van der Waals surface area contributed by atoms with Gasteiger partial charge in [0.1, 0.15) is 6.61 Å². The molecule has 0 saturated carbocycles. The zero-order chi connectivity index (χ0) is 14.8. The number of benzene rings is 1. The Hall–Kier alpha value is -1.35. The van der Waals surface area contributed by atoms with Gasteiger partial charge in [0.05, 0.1) is 0 Å². The van der Waals surface area contributed by atoms with Crippen molar-refractivity contribution in [1.82, 2.24) is 4.90 Å². The average Bonchev–Trinajstić information content (AvgIpc) is 2.43. The van der Waals surface area contributed by atoms with E-state index in [0.29, 0.717) is 13.2 Å². The van der Waals surface area contributed by atoms with E-state index in [4.69, 9.17) is 4.74 Å². The molecular weight excluding hydrogens is 250 g/mol. The molecule has 0 atom stereocenters. The third-order valence-electron chi connectivity index (χ3n) is 3.23. The van der Waals surface area contributed by atoms with Crippen molar-refractivity contribution in [3.63, 3.8) is 0 Å². The van der Waals surface area contributed by atoms with Gasteiger partial charge < -0.3 is 9.64 Å². The summed E-state index contributed by atoms with van der Waals surface area (Å²) in [4.78, 5) is 13.6. The summed E-state index contributed by atoms with van der Waals surface area (Å²) in [7, 11) is 1.82. The molecule has 0 bridgehead atoms. The highest BCUT2D eigenvalue weighted by atomic mass is 16.5. The van der Waals surface area contributed by atoms with Crippen molar-refractivity contribution < 1.29 is 9.53 Å². The van der Waals surface area contributed by atoms with E-state index in [0.717, 1.165) is 17.9 Å². The minimum absolute atomic E-state index is 0.0395. The van der Waals surface area contributed by atoms with Gasteiger partial charge in [0.25, 0.3) is 0 Å². The van der Waals surface area contributed by atoms with Gasteiger partial charge >= 0.3 is 0 Å². The molecule has 3 nitrogen and oxygen atoms in total. The van der Waals surface area contributed by atoms with E-state index in [1.165, 1.54) is 12.8 Å². The van der Waals surface area contributed by atoms with Gasteiger partial charge in [0.2, 0.25) is 5.91 Å². The number of carbonyl (C=O) groups is 1. The number of unbranched alkanes of at least 4 members (excludes halogenated alkanes) is 1. The predicted octanol–water partition coefficient (Wildman–Crippen LogP) is 3.49. The molecule has 1 amide bonds. The maximum Gasteiger partial charge on any atom is 0.248 e. The molecule has 0 aromatic heterocycles. The topological polar surface area (TPSA) is 29.5 Å². The maximum absolute atomic E-state index is 11.9. The zero-order valence-corrected chi connectivity index (χ0v) is 13.0. The molecule has 1 rings (SSSR count). The Morgan fingerprint density at radius 3 is 2.55 bits per heavy atom. The van der Waals surface area contributed by atoms with Crippen molar-refractivity contribution in [2.45, 2.75) is 39.7 Å². The predicted molar refractivity (Wildman–Crippen MR) is 82.4 cm³/mol. The molecule has 112 valence electrons. The van der Waals surface area contributed by atoms with Crippen molar-refractivity contribution in [1.29, 1.82) is 0 Å². The lowest BCUT2D eigenvalue weighted by molar-refractivity contribution is -0.135. The largest absolute Gasteiger partial charge is 0.372 e. The molecule has 0 radical (unpaired) electrons. The Balaban J connectivity index is 2.13. The summed E-state index contributed by atoms with van der Waals surface area (Å²) in [5, 5.41) is 0. The molecule has 20 heavy (non-hydrogen) atoms. The summed E-state index contributed by atoms with van der Waals surface area (Å²) in [6.07, 6.45) is 3.44. The second-order valence-corrected chi connectivity index (χ2v) is 5.68. The van der Waals surface area contributed by atoms with Crippen LogP contribution in [0.2, 0.25) is 0 Å². The Labute approximate surface area is 122 Å². The molecule has 3 heteroatoms. The normalized spacial score (nSPS) is 10.8. The Bertz CT molecular complexity index is 376. The first-order valence-corrected chi connectivity index (χ1v) is 7.45. The van der Waals surface area contributed by atoms with Crippen LogP contribution in [0.4, 0.5) is 0 Å². The Kier molecular flexibility index (Phi) is 7.97. The number of hydrogen-bond acceptors (Lipinski definition) is 2. The summed E-state index contributed by atoms with van der Waals surface area (Å²) in [6, 6.07) is 10.00. The third kappa shape index (κ3) is 7.29. The zero-order valence-electron chi connectivity index (χ0n) is 13.0. The van der Waals surface area contributed by atoms with E-state index in [9.17, 15) is 4.79 Å². The quantitative estimate of drug-likeness (QED) is 0.647. The number of hydrogen-bond donors (Lipinski definition) is 0. The molecule has 0 aliphatic rings. The van der Waals surface area contributed by atoms with E-state index in [1.807, 2.05) is 37.4 Å². The highest BCUT2D eigenvalue weighted by Gasteiger charge is 2.08. The van der Waals surface area contributed by atoms with Crippen LogP contribution in [0.1, 0.15) is 38.7 Å². The fourth-order valence-corrected chi connectivity index (χ4v) is 1.97. The lowest BCUT2D eigenvalue weighted by atomic mass is 10.1. The molecule has 0 N–H and O–H groups in total. The van der Waals surface area contributed by atoms with Gasteiger partial charge in [-0.2, -0.15) is 0 Å². The van der Waals surface area contributed by atoms with Crippen LogP contribution in [0, 0.1) is 5.92 Å². The van der Waals surface area contributed by atoms with Gasteiger partial charge in [-0.05, 0) is 17.9 Å². The van der Waals surface area contributed by atoms with E-state index in [2.05, 4.69) is 13.8 Å². The van der Waals surface area contributed by atoms with Gasteiger partial charge in [0, 0.05) is 20.2 Å². The lowest BCUT2D eigenvalue weighted by Crippen LogP contribution is -2.30. The second-order valence-electron chi connectivity index (χ2n) is 5.68. The standard InChI is InChI=1S/C17H27NO2/c1-15(2)9-7-8-12-20-14-17(19)18(3)13-16-10-5-4-6-11-16/h4-6,10-11,15H,7-9,12-14H2,1-3H3. The van der Waals surface area contributed by atoms with E-state index in [-0.39, 0.29) is 12.5 Å². The third-order valence-corrected chi connectivity index (χ3v) is 3.23. The van der Waals surface area contributed by atoms with Crippen LogP contribution in [0.3, 0.4) is 0 Å². The SMILES string of the molecule is CC(C)CCCCOCC(=O)N(C)Cc1ccccc1. The fourth-order valence-electron chi connectivity index (χ4n) is 1.97. The van der Waals surface area contributed by atoms with E-state index in [1.54, 1.807) is 4.90 Å². The monoisotopic (exact) mass is 277 g/mol. The molecule has 0 aliphatic carbocycles. The number of rotatable bonds is 9. The van der Waals surface area contributed by atoms with Crippen molar-refractivity contribution in [3.05, 3.63) is 35.9 Å². The van der Waals surface area contributed by atoms with Crippen LogP contribution >= 0.6 is 0 Å². The van der Waals surface area contributed by atoms with Crippen molar-refractivity contribution in [2.75, 3.05) is 20.3 Å². The van der Waals surface area contributed by atoms with Gasteiger partial charge in [-0.25, -0.2) is 0 Å². The smallest absolute Gasteiger partial charge is 0.248 e. The van der Waals surface area contributed by atoms with Crippen LogP contribution in [-0.4, -0.2) is 31.1 Å². The van der Waals surface area contributed by atoms with E-state index < -0.39 is 0 Å². The van der Waals surface area contributed by atoms with Crippen molar-refractivity contribution in [2.24, 2.45) is 5.92 Å². The number of nitrogens with zero attached hydrogens (tertiary/aromatic N) is 1. The van der Waals surface area contributed by atoms with Gasteiger partial charge in [-0.15, -0.1) is 0 Å². The highest BCUT2D eigenvalue weighted by molar-refractivity contribution is 5.77. The fraction of sp³-hybridized carbons (Fsp3) is 0.588. The number of carbonyl (C=O) groups excluding carboxylic acids is 1. The van der Waals surface area contributed by atoms with Gasteiger partial charge in [0.15, 0.2) is 0 Å². The minimum Gasteiger partial charge on any atom is -0.372 e. The molecule has 0 aliphatic heterocycles. The summed E-state index contributed by atoms with van der Waals surface area (Å²) in [5.74, 6) is 0.784. The lowest BCUT2D eigenvalue weighted by Gasteiger charge is -2.17. The Morgan fingerprint density at radius 1 is 1.20 bits per heavy atom. The number of likely N-dealkylation sites (N-methyl/N-ethyl adjacent to an activating group) is 1. The van der Waals surface area contributed by atoms with Crippen molar-refractivity contribution in [3.8, 4) is 0 Å². The Morgan fingerprint density at radius 2 is 1.90 bits per heavy atom. The molecule has 1 aromatic rings. The molecule has 1 aromatic carbocycles. The van der Waals surface area contributed by atoms with Crippen LogP contribution in [0.5, 0.6) is 0 Å². The van der Waals surface area contributed by atoms with Crippen LogP contribution < -0.4 is 0 Å². The van der Waals surface area contributed by atoms with Crippen LogP contribution in [0.15, 0.2) is 30.3 Å². The summed E-state index contributed by atoms with van der Waals surface area (Å²) in [6.45, 7) is 5.95. The summed E-state index contributed by atoms with van der Waals surface area (Å²) in [5.41, 5.74) is 1.14. The first-order valence-electron chi connectivity index (χ1n) is 7.45. The van der Waals surface area contributed by atoms with Crippen LogP contribution in [0.25, 0.3) is 0 Å². The first-order chi connectivity index (χ1) is 9.59. The van der Waals surface area contributed by atoms with Crippen molar-refractivity contribution >= 4 is 5.91 Å². The molecule has 0 fully saturated rings. The van der Waals surface area contributed by atoms with Gasteiger partial charge in [-0.1, -0.05) is 57.0 Å². The molecular formula is C17H27NO2. The molecule has 0 unspecified atom stereocenters. The highest BCUT2D eigenvalue weighted by Crippen LogP contribution is 2.06. The molecule has 0 spiro atoms. The van der Waals surface area contributed by atoms with Crippen LogP contribution in [-0.2, 0) is 16.1 Å². The summed E-state index contributed by atoms with van der Waals surface area (Å²) >= 11 is 0. The first kappa shape index (κ1) is 16.7.